The van der Waals surface area contributed by atoms with Crippen molar-refractivity contribution in [2.75, 3.05) is 18.0 Å². The van der Waals surface area contributed by atoms with Crippen molar-refractivity contribution in [1.82, 2.24) is 24.5 Å². The maximum absolute atomic E-state index is 4.62. The van der Waals surface area contributed by atoms with Crippen LogP contribution >= 0.6 is 11.3 Å². The van der Waals surface area contributed by atoms with Crippen molar-refractivity contribution in [2.24, 2.45) is 0 Å². The predicted molar refractivity (Wildman–Crippen MR) is 89.7 cm³/mol. The summed E-state index contributed by atoms with van der Waals surface area (Å²) in [5.41, 5.74) is 2.97. The van der Waals surface area contributed by atoms with Gasteiger partial charge in [-0.05, 0) is 18.9 Å². The Morgan fingerprint density at radius 1 is 1.13 bits per heavy atom. The molecule has 23 heavy (non-hydrogen) atoms. The molecule has 3 aromatic rings. The third-order valence-corrected chi connectivity index (χ3v) is 4.82. The average molecular weight is 326 g/mol. The molecule has 1 unspecified atom stereocenters. The van der Waals surface area contributed by atoms with Gasteiger partial charge in [0, 0.05) is 49.2 Å². The molecule has 4 rings (SSSR count). The molecular formula is C16H18N6S. The highest BCUT2D eigenvalue weighted by Crippen LogP contribution is 2.27. The summed E-state index contributed by atoms with van der Waals surface area (Å²) in [4.78, 5) is 20.0. The fourth-order valence-corrected chi connectivity index (χ4v) is 3.68. The van der Waals surface area contributed by atoms with E-state index in [2.05, 4.69) is 34.8 Å². The summed E-state index contributed by atoms with van der Waals surface area (Å²) in [5.74, 6) is 2.36. The molecule has 0 aromatic carbocycles. The molecule has 118 valence electrons. The number of piperidine rings is 1. The van der Waals surface area contributed by atoms with Gasteiger partial charge >= 0.3 is 0 Å². The smallest absolute Gasteiger partial charge is 0.225 e. The quantitative estimate of drug-likeness (QED) is 0.737. The molecule has 1 saturated heterocycles. The third-order valence-electron chi connectivity index (χ3n) is 4.19. The van der Waals surface area contributed by atoms with Crippen LogP contribution in [0, 0.1) is 0 Å². The zero-order valence-electron chi connectivity index (χ0n) is 12.7. The van der Waals surface area contributed by atoms with Crippen LogP contribution < -0.4 is 4.90 Å². The van der Waals surface area contributed by atoms with Crippen LogP contribution in [-0.2, 0) is 6.54 Å². The first-order chi connectivity index (χ1) is 11.4. The molecule has 0 radical (unpaired) electrons. The molecular weight excluding hydrogens is 308 g/mol. The van der Waals surface area contributed by atoms with Crippen LogP contribution in [0.5, 0.6) is 0 Å². The zero-order chi connectivity index (χ0) is 15.5. The van der Waals surface area contributed by atoms with E-state index in [9.17, 15) is 0 Å². The van der Waals surface area contributed by atoms with E-state index in [0.29, 0.717) is 5.92 Å². The van der Waals surface area contributed by atoms with Gasteiger partial charge in [0.15, 0.2) is 0 Å². The van der Waals surface area contributed by atoms with Gasteiger partial charge in [0.1, 0.15) is 5.82 Å². The Morgan fingerprint density at radius 2 is 2.04 bits per heavy atom. The van der Waals surface area contributed by atoms with Gasteiger partial charge in [0.2, 0.25) is 5.95 Å². The molecule has 0 spiro atoms. The van der Waals surface area contributed by atoms with Crippen LogP contribution in [0.2, 0.25) is 0 Å². The van der Waals surface area contributed by atoms with Gasteiger partial charge in [-0.2, -0.15) is 0 Å². The van der Waals surface area contributed by atoms with Crippen molar-refractivity contribution < 1.29 is 0 Å². The van der Waals surface area contributed by atoms with Gasteiger partial charge in [-0.25, -0.2) is 19.9 Å². The zero-order valence-corrected chi connectivity index (χ0v) is 13.6. The lowest BCUT2D eigenvalue weighted by Crippen LogP contribution is -2.36. The van der Waals surface area contributed by atoms with E-state index in [1.54, 1.807) is 23.7 Å². The highest BCUT2D eigenvalue weighted by atomic mass is 32.1. The van der Waals surface area contributed by atoms with Crippen LogP contribution in [-0.4, -0.2) is 37.6 Å². The number of anilines is 1. The van der Waals surface area contributed by atoms with Crippen molar-refractivity contribution in [1.29, 1.82) is 0 Å². The summed E-state index contributed by atoms with van der Waals surface area (Å²) in [7, 11) is 0. The van der Waals surface area contributed by atoms with Crippen molar-refractivity contribution >= 4 is 17.3 Å². The lowest BCUT2D eigenvalue weighted by molar-refractivity contribution is 0.471. The molecule has 7 heteroatoms. The fraction of sp³-hybridized carbons (Fsp3) is 0.375. The van der Waals surface area contributed by atoms with Crippen LogP contribution in [0.4, 0.5) is 5.95 Å². The molecule has 0 N–H and O–H groups in total. The SMILES string of the molecule is c1cnc(N2CCCC(c3nccn3Cc3cscn3)C2)nc1. The Hall–Kier alpha value is -2.28. The largest absolute Gasteiger partial charge is 0.340 e. The first-order valence-electron chi connectivity index (χ1n) is 7.80. The first-order valence-corrected chi connectivity index (χ1v) is 8.74. The Bertz CT molecular complexity index is 739. The molecule has 1 aliphatic rings. The summed E-state index contributed by atoms with van der Waals surface area (Å²) in [6.45, 7) is 2.71. The second-order valence-corrected chi connectivity index (χ2v) is 6.45. The van der Waals surface area contributed by atoms with Gasteiger partial charge < -0.3 is 9.47 Å². The van der Waals surface area contributed by atoms with Crippen molar-refractivity contribution in [2.45, 2.75) is 25.3 Å². The molecule has 0 amide bonds. The minimum absolute atomic E-state index is 0.404. The Morgan fingerprint density at radius 3 is 2.87 bits per heavy atom. The summed E-state index contributed by atoms with van der Waals surface area (Å²) in [6.07, 6.45) is 9.82. The molecule has 1 atom stereocenters. The van der Waals surface area contributed by atoms with E-state index in [4.69, 9.17) is 0 Å². The molecule has 0 bridgehead atoms. The summed E-state index contributed by atoms with van der Waals surface area (Å²) >= 11 is 1.63. The van der Waals surface area contributed by atoms with Crippen LogP contribution in [0.1, 0.15) is 30.3 Å². The summed E-state index contributed by atoms with van der Waals surface area (Å²) in [5, 5.41) is 2.09. The van der Waals surface area contributed by atoms with Gasteiger partial charge in [-0.1, -0.05) is 0 Å². The van der Waals surface area contributed by atoms with E-state index < -0.39 is 0 Å². The van der Waals surface area contributed by atoms with Gasteiger partial charge in [0.25, 0.3) is 0 Å². The molecule has 0 aliphatic carbocycles. The normalized spacial score (nSPS) is 18.3. The molecule has 1 fully saturated rings. The highest BCUT2D eigenvalue weighted by Gasteiger charge is 2.26. The standard InChI is InChI=1S/C16H18N6S/c1-3-13(9-22(7-1)16-18-4-2-5-19-16)15-17-6-8-21(15)10-14-11-23-12-20-14/h2,4-6,8,11-13H,1,3,7,9-10H2. The molecule has 0 saturated carbocycles. The monoisotopic (exact) mass is 326 g/mol. The van der Waals surface area contributed by atoms with Crippen molar-refractivity contribution in [3.05, 3.63) is 53.3 Å². The maximum Gasteiger partial charge on any atom is 0.225 e. The Kier molecular flexibility index (Phi) is 4.02. The second kappa shape index (κ2) is 6.45. The fourth-order valence-electron chi connectivity index (χ4n) is 3.13. The number of imidazole rings is 1. The van der Waals surface area contributed by atoms with E-state index in [0.717, 1.165) is 49.9 Å². The average Bonchev–Trinajstić information content (AvgIpc) is 3.28. The number of thiazole rings is 1. The van der Waals surface area contributed by atoms with Crippen molar-refractivity contribution in [3.63, 3.8) is 0 Å². The van der Waals surface area contributed by atoms with E-state index >= 15 is 0 Å². The summed E-state index contributed by atoms with van der Waals surface area (Å²) in [6, 6.07) is 1.85. The van der Waals surface area contributed by atoms with Crippen LogP contribution in [0.15, 0.2) is 41.7 Å². The van der Waals surface area contributed by atoms with E-state index in [-0.39, 0.29) is 0 Å². The number of hydrogen-bond donors (Lipinski definition) is 0. The Balaban J connectivity index is 1.53. The van der Waals surface area contributed by atoms with E-state index in [1.807, 2.05) is 24.0 Å². The summed E-state index contributed by atoms with van der Waals surface area (Å²) < 4.78 is 2.22. The lowest BCUT2D eigenvalue weighted by Gasteiger charge is -2.32. The number of rotatable bonds is 4. The number of aromatic nitrogens is 5. The topological polar surface area (TPSA) is 59.7 Å². The third kappa shape index (κ3) is 3.10. The lowest BCUT2D eigenvalue weighted by atomic mass is 9.97. The molecule has 1 aliphatic heterocycles. The molecule has 3 aromatic heterocycles. The highest BCUT2D eigenvalue weighted by molar-refractivity contribution is 7.07. The minimum Gasteiger partial charge on any atom is -0.340 e. The van der Waals surface area contributed by atoms with E-state index in [1.165, 1.54) is 0 Å². The van der Waals surface area contributed by atoms with Gasteiger partial charge in [0.05, 0.1) is 17.7 Å². The molecule has 4 heterocycles. The van der Waals surface area contributed by atoms with Crippen LogP contribution in [0.3, 0.4) is 0 Å². The van der Waals surface area contributed by atoms with Gasteiger partial charge in [-0.15, -0.1) is 11.3 Å². The first kappa shape index (κ1) is 14.3. The molecule has 6 nitrogen and oxygen atoms in total. The predicted octanol–water partition coefficient (Wildman–Crippen LogP) is 2.56. The minimum atomic E-state index is 0.404. The van der Waals surface area contributed by atoms with Crippen LogP contribution in [0.25, 0.3) is 0 Å². The maximum atomic E-state index is 4.62. The Labute approximate surface area is 138 Å². The second-order valence-electron chi connectivity index (χ2n) is 5.73. The number of nitrogens with zero attached hydrogens (tertiary/aromatic N) is 6. The number of hydrogen-bond acceptors (Lipinski definition) is 6. The van der Waals surface area contributed by atoms with Crippen molar-refractivity contribution in [3.8, 4) is 0 Å². The van der Waals surface area contributed by atoms with Gasteiger partial charge in [-0.3, -0.25) is 0 Å².